The van der Waals surface area contributed by atoms with Crippen molar-refractivity contribution >= 4 is 33.2 Å². The standard InChI is InChI=1S/C32H20N8.Mn/c1-2-10-18-17(9-1)25-33-26(18)38-28-21-13-5-6-14-22(21)30(35-28)40-32-24-16-8-7-15-23(24)31(36-32)39-29-20-12-4-3-11-19(20)27(34-29)37-25;/h1-17,20H,(H,33,37)(H,34,35,36,38,39,40);. The van der Waals surface area contributed by atoms with E-state index in [9.17, 15) is 0 Å². The molecule has 9 rings (SSSR count). The van der Waals surface area contributed by atoms with Crippen molar-refractivity contribution < 1.29 is 17.1 Å². The van der Waals surface area contributed by atoms with Gasteiger partial charge in [0, 0.05) is 50.1 Å². The molecule has 2 aliphatic carbocycles. The van der Waals surface area contributed by atoms with Crippen LogP contribution in [0, 0.1) is 0 Å². The van der Waals surface area contributed by atoms with Gasteiger partial charge < -0.3 is 9.97 Å². The average molecular weight is 572 g/mol. The number of allylic oxidation sites excluding steroid dienone is 8. The van der Waals surface area contributed by atoms with Gasteiger partial charge in [0.05, 0.1) is 11.8 Å². The van der Waals surface area contributed by atoms with Crippen LogP contribution in [0.25, 0.3) is 56.0 Å². The van der Waals surface area contributed by atoms with Crippen molar-refractivity contribution in [2.45, 2.75) is 11.8 Å². The first-order chi connectivity index (χ1) is 19.8. The Bertz CT molecular complexity index is 2250. The number of hydrogen-bond donors (Lipinski definition) is 2. The molecular weight excluding hydrogens is 551 g/mol. The Hall–Kier alpha value is -4.98. The van der Waals surface area contributed by atoms with Gasteiger partial charge in [-0.1, -0.05) is 97.1 Å². The van der Waals surface area contributed by atoms with E-state index in [4.69, 9.17) is 29.9 Å². The van der Waals surface area contributed by atoms with Crippen LogP contribution >= 0.6 is 0 Å². The molecule has 8 nitrogen and oxygen atoms in total. The molecule has 3 aliphatic heterocycles. The maximum Gasteiger partial charge on any atom is 0.164 e. The van der Waals surface area contributed by atoms with E-state index in [0.717, 1.165) is 50.0 Å². The van der Waals surface area contributed by atoms with Crippen molar-refractivity contribution in [2.75, 3.05) is 0 Å². The normalized spacial score (nSPS) is 18.5. The molecule has 0 amide bonds. The molecule has 0 fully saturated rings. The van der Waals surface area contributed by atoms with Crippen molar-refractivity contribution in [3.8, 4) is 22.8 Å². The molecule has 41 heavy (non-hydrogen) atoms. The van der Waals surface area contributed by atoms with E-state index in [2.05, 4.69) is 46.4 Å². The van der Waals surface area contributed by atoms with Crippen LogP contribution < -0.4 is 11.0 Å². The number of nitrogens with zero attached hydrogens (tertiary/aromatic N) is 6. The fraction of sp³-hybridized carbons (Fsp3) is 0.0625. The van der Waals surface area contributed by atoms with Gasteiger partial charge in [-0.15, -0.1) is 0 Å². The smallest absolute Gasteiger partial charge is 0.164 e. The van der Waals surface area contributed by atoms with Crippen LogP contribution in [0.15, 0.2) is 97.1 Å². The summed E-state index contributed by atoms with van der Waals surface area (Å²) in [6.07, 6.45) is 16.5. The number of aromatic amines is 2. The Morgan fingerprint density at radius 2 is 1.22 bits per heavy atom. The number of fused-ring (bicyclic) bond motifs is 18. The summed E-state index contributed by atoms with van der Waals surface area (Å²) in [5, 5.41) is 1.96. The Morgan fingerprint density at radius 3 is 2.00 bits per heavy atom. The average Bonchev–Trinajstić information content (AvgIpc) is 3.73. The minimum atomic E-state index is -0.0924. The van der Waals surface area contributed by atoms with E-state index in [1.807, 2.05) is 60.7 Å². The molecule has 0 saturated carbocycles. The second-order valence-corrected chi connectivity index (χ2v) is 10.1. The van der Waals surface area contributed by atoms with Crippen LogP contribution in [0.4, 0.5) is 0 Å². The second kappa shape index (κ2) is 9.02. The Morgan fingerprint density at radius 1 is 0.561 bits per heavy atom. The zero-order valence-corrected chi connectivity index (χ0v) is 22.6. The molecule has 5 aliphatic rings. The molecular formula is C32H20MnN8. The van der Waals surface area contributed by atoms with Crippen molar-refractivity contribution in [3.63, 3.8) is 0 Å². The number of nitrogens with one attached hydrogen (secondary N) is 2. The molecule has 2 unspecified atom stereocenters. The molecule has 2 aromatic carbocycles. The predicted molar refractivity (Wildman–Crippen MR) is 154 cm³/mol. The van der Waals surface area contributed by atoms with Crippen LogP contribution in [0.3, 0.4) is 0 Å². The molecule has 9 heteroatoms. The van der Waals surface area contributed by atoms with Crippen LogP contribution in [-0.2, 0) is 17.1 Å². The maximum absolute atomic E-state index is 5.09. The fourth-order valence-electron chi connectivity index (χ4n) is 5.90. The van der Waals surface area contributed by atoms with E-state index in [1.165, 1.54) is 0 Å². The molecule has 0 spiro atoms. The first-order valence-electron chi connectivity index (χ1n) is 13.2. The maximum atomic E-state index is 5.09. The van der Waals surface area contributed by atoms with Gasteiger partial charge in [-0.05, 0) is 0 Å². The first-order valence-corrected chi connectivity index (χ1v) is 13.2. The van der Waals surface area contributed by atoms with E-state index in [0.29, 0.717) is 28.6 Å². The van der Waals surface area contributed by atoms with Gasteiger partial charge in [0.15, 0.2) is 17.1 Å². The molecule has 4 aromatic rings. The van der Waals surface area contributed by atoms with Gasteiger partial charge in [0.1, 0.15) is 28.4 Å². The van der Waals surface area contributed by atoms with Gasteiger partial charge in [0.2, 0.25) is 0 Å². The summed E-state index contributed by atoms with van der Waals surface area (Å²) >= 11 is 0. The van der Waals surface area contributed by atoms with Crippen LogP contribution in [0.2, 0.25) is 0 Å². The zero-order chi connectivity index (χ0) is 26.2. The number of H-pyrrole nitrogens is 2. The molecule has 195 valence electrons. The van der Waals surface area contributed by atoms with E-state index >= 15 is 0 Å². The Labute approximate surface area is 244 Å². The Kier molecular flexibility index (Phi) is 5.25. The Balaban J connectivity index is 0.00000256. The summed E-state index contributed by atoms with van der Waals surface area (Å²) in [4.78, 5) is 37.0. The monoisotopic (exact) mass is 571 g/mol. The van der Waals surface area contributed by atoms with Crippen LogP contribution in [-0.4, -0.2) is 39.9 Å². The van der Waals surface area contributed by atoms with E-state index in [-0.39, 0.29) is 28.9 Å². The summed E-state index contributed by atoms with van der Waals surface area (Å²) in [6.45, 7) is 0. The van der Waals surface area contributed by atoms with Gasteiger partial charge in [-0.2, -0.15) is 0 Å². The molecule has 5 heterocycles. The topological polar surface area (TPSA) is 109 Å². The third kappa shape index (κ3) is 3.60. The van der Waals surface area contributed by atoms with Gasteiger partial charge in [-0.25, -0.2) is 29.9 Å². The van der Waals surface area contributed by atoms with Crippen molar-refractivity contribution in [1.29, 1.82) is 0 Å². The number of rotatable bonds is 0. The van der Waals surface area contributed by atoms with Gasteiger partial charge >= 0.3 is 0 Å². The molecule has 1 radical (unpaired) electrons. The largest absolute Gasteiger partial charge is 0.327 e. The van der Waals surface area contributed by atoms with Gasteiger partial charge in [0.25, 0.3) is 0 Å². The number of benzene rings is 2. The summed E-state index contributed by atoms with van der Waals surface area (Å²) in [5.74, 6) is 2.52. The number of hydrogen-bond acceptors (Lipinski definition) is 6. The van der Waals surface area contributed by atoms with Crippen molar-refractivity contribution in [1.82, 2.24) is 39.9 Å². The minimum absolute atomic E-state index is 0. The molecule has 2 atom stereocenters. The molecule has 8 bridgehead atoms. The predicted octanol–water partition coefficient (Wildman–Crippen LogP) is 4.22. The molecule has 2 aromatic heterocycles. The van der Waals surface area contributed by atoms with Crippen molar-refractivity contribution in [3.05, 3.63) is 120 Å². The molecule has 2 N–H and O–H groups in total. The SMILES string of the molecule is C1=CC2=c3nc(nc4nc(nc5[nH]c(nc6[nH]c(n3)C3C=CC=CC=63)c3ccccc53)-c3ccccc3-4)C2C=C1.[Mn]. The third-order valence-electron chi connectivity index (χ3n) is 7.81. The third-order valence-corrected chi connectivity index (χ3v) is 7.81. The summed E-state index contributed by atoms with van der Waals surface area (Å²) in [6, 6.07) is 16.2. The summed E-state index contributed by atoms with van der Waals surface area (Å²) in [5.41, 5.74) is 6.77. The molecule has 0 saturated heterocycles. The minimum Gasteiger partial charge on any atom is -0.327 e. The second-order valence-electron chi connectivity index (χ2n) is 10.1. The zero-order valence-electron chi connectivity index (χ0n) is 21.5. The van der Waals surface area contributed by atoms with Crippen LogP contribution in [0.1, 0.15) is 23.5 Å². The van der Waals surface area contributed by atoms with Gasteiger partial charge in [-0.3, -0.25) is 0 Å². The van der Waals surface area contributed by atoms with Crippen molar-refractivity contribution in [2.24, 2.45) is 0 Å². The fourth-order valence-corrected chi connectivity index (χ4v) is 5.90. The summed E-state index contributed by atoms with van der Waals surface area (Å²) < 4.78 is 0. The quantitative estimate of drug-likeness (QED) is 0.270. The van der Waals surface area contributed by atoms with Crippen LogP contribution in [0.5, 0.6) is 0 Å². The number of aromatic nitrogens is 8. The first kappa shape index (κ1) is 23.9. The van der Waals surface area contributed by atoms with E-state index < -0.39 is 0 Å². The van der Waals surface area contributed by atoms with E-state index in [1.54, 1.807) is 0 Å². The summed E-state index contributed by atoms with van der Waals surface area (Å²) in [7, 11) is 0.